The maximum absolute atomic E-state index is 13.4. The minimum atomic E-state index is -1.02. The number of fused-ring (bicyclic) bond motifs is 1. The Bertz CT molecular complexity index is 1640. The molecule has 0 bridgehead atoms. The van der Waals surface area contributed by atoms with E-state index in [1.54, 1.807) is 37.4 Å². The number of hydrogen-bond donors (Lipinski definition) is 2. The normalized spacial score (nSPS) is 16.4. The second-order valence-corrected chi connectivity index (χ2v) is 9.28. The Morgan fingerprint density at radius 2 is 1.82 bits per heavy atom. The van der Waals surface area contributed by atoms with Crippen LogP contribution < -0.4 is 9.47 Å². The molecular weight excluding hydrogens is 514 g/mol. The summed E-state index contributed by atoms with van der Waals surface area (Å²) in [6, 6.07) is 16.9. The molecule has 0 saturated carbocycles. The van der Waals surface area contributed by atoms with E-state index in [2.05, 4.69) is 4.98 Å². The molecular formula is C30H27N3O7. The Labute approximate surface area is 229 Å². The number of nitrogens with one attached hydrogen (secondary N) is 1. The van der Waals surface area contributed by atoms with Gasteiger partial charge in [-0.25, -0.2) is 0 Å². The van der Waals surface area contributed by atoms with Crippen LogP contribution in [0.4, 0.5) is 5.69 Å². The number of ether oxygens (including phenoxy) is 2. The fourth-order valence-corrected chi connectivity index (χ4v) is 5.03. The predicted octanol–water partition coefficient (Wildman–Crippen LogP) is 5.15. The van der Waals surface area contributed by atoms with E-state index < -0.39 is 22.7 Å². The van der Waals surface area contributed by atoms with E-state index in [9.17, 15) is 24.8 Å². The van der Waals surface area contributed by atoms with Gasteiger partial charge in [0.1, 0.15) is 17.3 Å². The number of methoxy groups -OCH3 is 1. The second-order valence-electron chi connectivity index (χ2n) is 9.28. The number of nitro groups is 1. The molecule has 1 aromatic heterocycles. The van der Waals surface area contributed by atoms with Crippen LogP contribution in [0.5, 0.6) is 11.5 Å². The number of nitrogens with zero attached hydrogens (tertiary/aromatic N) is 2. The van der Waals surface area contributed by atoms with Crippen LogP contribution in [0.2, 0.25) is 0 Å². The summed E-state index contributed by atoms with van der Waals surface area (Å²) in [5.74, 6) is -0.743. The van der Waals surface area contributed by atoms with Gasteiger partial charge in [-0.3, -0.25) is 19.7 Å². The highest BCUT2D eigenvalue weighted by Gasteiger charge is 2.46. The molecule has 1 fully saturated rings. The molecule has 1 aliphatic rings. The number of non-ortho nitro benzene ring substituents is 1. The van der Waals surface area contributed by atoms with Crippen LogP contribution in [0, 0.1) is 10.1 Å². The van der Waals surface area contributed by atoms with Gasteiger partial charge in [-0.05, 0) is 66.9 Å². The summed E-state index contributed by atoms with van der Waals surface area (Å²) in [6.07, 6.45) is 2.22. The van der Waals surface area contributed by atoms with Gasteiger partial charge in [0, 0.05) is 41.3 Å². The van der Waals surface area contributed by atoms with Gasteiger partial charge < -0.3 is 24.5 Å². The SMILES string of the molecule is CCOc1ccc(C(O)=C2C(=O)C(=O)N(CCc3c[nH]c4ccc(OC)cc34)[C@@H]2c2cccc([N+](=O)[O-])c2)cc1. The van der Waals surface area contributed by atoms with Gasteiger partial charge in [-0.1, -0.05) is 12.1 Å². The molecule has 40 heavy (non-hydrogen) atoms. The number of likely N-dealkylation sites (tertiary alicyclic amines) is 1. The highest BCUT2D eigenvalue weighted by atomic mass is 16.6. The van der Waals surface area contributed by atoms with Crippen molar-refractivity contribution in [2.24, 2.45) is 0 Å². The zero-order valence-corrected chi connectivity index (χ0v) is 21.9. The van der Waals surface area contributed by atoms with Crippen molar-refractivity contribution in [2.45, 2.75) is 19.4 Å². The Morgan fingerprint density at radius 1 is 1.07 bits per heavy atom. The number of nitro benzene ring substituents is 1. The average Bonchev–Trinajstić information content (AvgIpc) is 3.49. The monoisotopic (exact) mass is 541 g/mol. The molecule has 2 heterocycles. The number of aliphatic hydroxyl groups excluding tert-OH is 1. The minimum Gasteiger partial charge on any atom is -0.507 e. The summed E-state index contributed by atoms with van der Waals surface area (Å²) in [6.45, 7) is 2.44. The zero-order valence-electron chi connectivity index (χ0n) is 21.9. The lowest BCUT2D eigenvalue weighted by Gasteiger charge is -2.25. The van der Waals surface area contributed by atoms with E-state index in [1.807, 2.05) is 31.3 Å². The first kappa shape index (κ1) is 26.5. The number of aromatic amines is 1. The smallest absolute Gasteiger partial charge is 0.295 e. The molecule has 2 N–H and O–H groups in total. The summed E-state index contributed by atoms with van der Waals surface area (Å²) in [5, 5.41) is 23.7. The molecule has 4 aromatic rings. The number of benzene rings is 3. The lowest BCUT2D eigenvalue weighted by atomic mass is 9.95. The molecule has 10 nitrogen and oxygen atoms in total. The zero-order chi connectivity index (χ0) is 28.4. The Kier molecular flexibility index (Phi) is 7.24. The van der Waals surface area contributed by atoms with Crippen LogP contribution >= 0.6 is 0 Å². The first-order chi connectivity index (χ1) is 19.3. The van der Waals surface area contributed by atoms with E-state index in [0.717, 1.165) is 16.5 Å². The quantitative estimate of drug-likeness (QED) is 0.0984. The fraction of sp³-hybridized carbons (Fsp3) is 0.200. The molecule has 0 unspecified atom stereocenters. The third-order valence-electron chi connectivity index (χ3n) is 6.97. The van der Waals surface area contributed by atoms with E-state index >= 15 is 0 Å². The molecule has 3 aromatic carbocycles. The largest absolute Gasteiger partial charge is 0.507 e. The first-order valence-corrected chi connectivity index (χ1v) is 12.7. The van der Waals surface area contributed by atoms with Gasteiger partial charge >= 0.3 is 0 Å². The van der Waals surface area contributed by atoms with Crippen molar-refractivity contribution in [1.82, 2.24) is 9.88 Å². The maximum atomic E-state index is 13.4. The lowest BCUT2D eigenvalue weighted by Crippen LogP contribution is -2.31. The molecule has 0 aliphatic carbocycles. The molecule has 1 atom stereocenters. The molecule has 0 radical (unpaired) electrons. The number of hydrogen-bond acceptors (Lipinski definition) is 7. The number of amides is 1. The van der Waals surface area contributed by atoms with Crippen molar-refractivity contribution in [2.75, 3.05) is 20.3 Å². The lowest BCUT2D eigenvalue weighted by molar-refractivity contribution is -0.384. The molecule has 1 saturated heterocycles. The number of rotatable bonds is 9. The van der Waals surface area contributed by atoms with Gasteiger partial charge in [0.15, 0.2) is 0 Å². The molecule has 204 valence electrons. The van der Waals surface area contributed by atoms with Gasteiger partial charge in [-0.15, -0.1) is 0 Å². The summed E-state index contributed by atoms with van der Waals surface area (Å²) >= 11 is 0. The van der Waals surface area contributed by atoms with Crippen LogP contribution in [0.15, 0.2) is 78.5 Å². The molecule has 10 heteroatoms. The van der Waals surface area contributed by atoms with Gasteiger partial charge in [0.05, 0.1) is 30.3 Å². The number of H-pyrrole nitrogens is 1. The molecule has 1 amide bonds. The van der Waals surface area contributed by atoms with Crippen LogP contribution in [0.3, 0.4) is 0 Å². The highest BCUT2D eigenvalue weighted by Crippen LogP contribution is 2.40. The Balaban J connectivity index is 1.56. The van der Waals surface area contributed by atoms with Crippen LogP contribution in [-0.4, -0.2) is 51.9 Å². The topological polar surface area (TPSA) is 135 Å². The first-order valence-electron chi connectivity index (χ1n) is 12.7. The summed E-state index contributed by atoms with van der Waals surface area (Å²) in [5.41, 5.74) is 2.15. The Hall–Kier alpha value is -5.12. The average molecular weight is 542 g/mol. The van der Waals surface area contributed by atoms with E-state index in [0.29, 0.717) is 35.7 Å². The number of ketones is 1. The number of carbonyl (C=O) groups is 2. The van der Waals surface area contributed by atoms with Crippen molar-refractivity contribution >= 4 is 34.0 Å². The van der Waals surface area contributed by atoms with Crippen LogP contribution in [0.25, 0.3) is 16.7 Å². The van der Waals surface area contributed by atoms with Crippen molar-refractivity contribution in [3.05, 3.63) is 105 Å². The van der Waals surface area contributed by atoms with Gasteiger partial charge in [0.25, 0.3) is 17.4 Å². The Morgan fingerprint density at radius 3 is 2.52 bits per heavy atom. The fourth-order valence-electron chi connectivity index (χ4n) is 5.03. The van der Waals surface area contributed by atoms with Gasteiger partial charge in [-0.2, -0.15) is 0 Å². The predicted molar refractivity (Wildman–Crippen MR) is 148 cm³/mol. The maximum Gasteiger partial charge on any atom is 0.295 e. The molecule has 0 spiro atoms. The standard InChI is InChI=1S/C30H27N3O7/c1-3-40-22-9-7-18(8-10-22)28(34)26-27(19-5-4-6-21(15-19)33(37)38)32(30(36)29(26)35)14-13-20-17-31-25-12-11-23(39-2)16-24(20)25/h4-12,15-17,27,31,34H,3,13-14H2,1-2H3/t27-/m1/s1. The van der Waals surface area contributed by atoms with Crippen molar-refractivity contribution in [1.29, 1.82) is 0 Å². The summed E-state index contributed by atoms with van der Waals surface area (Å²) in [4.78, 5) is 42.3. The third kappa shape index (κ3) is 4.86. The van der Waals surface area contributed by atoms with Crippen molar-refractivity contribution in [3.63, 3.8) is 0 Å². The van der Waals surface area contributed by atoms with E-state index in [4.69, 9.17) is 9.47 Å². The van der Waals surface area contributed by atoms with Crippen LogP contribution in [0.1, 0.15) is 29.7 Å². The van der Waals surface area contributed by atoms with E-state index in [-0.39, 0.29) is 23.6 Å². The number of Topliss-reactive ketones (excluding diaryl/α,β-unsaturated/α-hetero) is 1. The third-order valence-corrected chi connectivity index (χ3v) is 6.97. The number of aliphatic hydroxyl groups is 1. The minimum absolute atomic E-state index is 0.127. The number of carbonyl (C=O) groups excluding carboxylic acids is 2. The number of aromatic nitrogens is 1. The van der Waals surface area contributed by atoms with Crippen LogP contribution in [-0.2, 0) is 16.0 Å². The van der Waals surface area contributed by atoms with Gasteiger partial charge in [0.2, 0.25) is 0 Å². The summed E-state index contributed by atoms with van der Waals surface area (Å²) < 4.78 is 10.8. The van der Waals surface area contributed by atoms with Crippen molar-refractivity contribution < 1.29 is 29.1 Å². The second kappa shape index (κ2) is 10.9. The molecule has 5 rings (SSSR count). The van der Waals surface area contributed by atoms with Crippen molar-refractivity contribution in [3.8, 4) is 11.5 Å². The summed E-state index contributed by atoms with van der Waals surface area (Å²) in [7, 11) is 1.58. The molecule has 1 aliphatic heterocycles. The highest BCUT2D eigenvalue weighted by molar-refractivity contribution is 6.46. The van der Waals surface area contributed by atoms with E-state index in [1.165, 1.54) is 23.1 Å².